The summed E-state index contributed by atoms with van der Waals surface area (Å²) in [7, 11) is 1.88. The summed E-state index contributed by atoms with van der Waals surface area (Å²) in [6.07, 6.45) is 0. The van der Waals surface area contributed by atoms with Crippen molar-refractivity contribution in [2.24, 2.45) is 0 Å². The summed E-state index contributed by atoms with van der Waals surface area (Å²) in [5.41, 5.74) is 3.70. The first kappa shape index (κ1) is 10.7. The van der Waals surface area contributed by atoms with Gasteiger partial charge in [0.1, 0.15) is 11.6 Å². The number of para-hydroxylation sites is 1. The van der Waals surface area contributed by atoms with Gasteiger partial charge in [0, 0.05) is 24.4 Å². The molecule has 4 heteroatoms. The molecule has 3 rings (SSSR count). The van der Waals surface area contributed by atoms with Gasteiger partial charge in [-0.1, -0.05) is 12.1 Å². The number of benzene rings is 2. The number of phenolic OH excluding ortho intramolecular Hbond substituents is 1. The highest BCUT2D eigenvalue weighted by Crippen LogP contribution is 2.28. The summed E-state index contributed by atoms with van der Waals surface area (Å²) in [6.45, 7) is 0. The quantitative estimate of drug-likeness (QED) is 0.644. The van der Waals surface area contributed by atoms with Crippen LogP contribution >= 0.6 is 0 Å². The highest BCUT2D eigenvalue weighted by Gasteiger charge is 2.08. The van der Waals surface area contributed by atoms with E-state index in [4.69, 9.17) is 0 Å². The third-order valence-electron chi connectivity index (χ3n) is 2.92. The van der Waals surface area contributed by atoms with Crippen molar-refractivity contribution in [1.29, 1.82) is 0 Å². The minimum atomic E-state index is 0.236. The number of aromatic nitrogens is 2. The van der Waals surface area contributed by atoms with Crippen molar-refractivity contribution in [3.8, 4) is 17.1 Å². The van der Waals surface area contributed by atoms with Crippen molar-refractivity contribution in [2.45, 2.75) is 0 Å². The third kappa shape index (κ3) is 1.68. The predicted octanol–water partition coefficient (Wildman–Crippen LogP) is 2.98. The second-order valence-electron chi connectivity index (χ2n) is 4.08. The zero-order valence-electron chi connectivity index (χ0n) is 9.94. The molecule has 0 aliphatic heterocycles. The van der Waals surface area contributed by atoms with Gasteiger partial charge in [-0.15, -0.1) is 0 Å². The number of aromatic hydroxyl groups is 1. The van der Waals surface area contributed by atoms with Crippen LogP contribution in [-0.2, 0) is 0 Å². The maximum atomic E-state index is 9.45. The van der Waals surface area contributed by atoms with Gasteiger partial charge in [0.2, 0.25) is 0 Å². The fourth-order valence-electron chi connectivity index (χ4n) is 2.03. The molecule has 0 spiro atoms. The number of H-pyrrole nitrogens is 1. The largest absolute Gasteiger partial charge is 0.508 e. The Balaban J connectivity index is 2.19. The van der Waals surface area contributed by atoms with Crippen molar-refractivity contribution in [3.05, 3.63) is 42.5 Å². The number of hydrogen-bond acceptors (Lipinski definition) is 3. The van der Waals surface area contributed by atoms with E-state index >= 15 is 0 Å². The van der Waals surface area contributed by atoms with Gasteiger partial charge >= 0.3 is 0 Å². The zero-order chi connectivity index (χ0) is 12.5. The van der Waals surface area contributed by atoms with Gasteiger partial charge in [0.25, 0.3) is 0 Å². The van der Waals surface area contributed by atoms with Crippen LogP contribution in [0.1, 0.15) is 0 Å². The lowest BCUT2D eigenvalue weighted by atomic mass is 10.1. The maximum absolute atomic E-state index is 9.45. The molecule has 3 N–H and O–H groups in total. The van der Waals surface area contributed by atoms with Crippen LogP contribution in [0, 0.1) is 0 Å². The number of nitrogens with zero attached hydrogens (tertiary/aromatic N) is 1. The summed E-state index contributed by atoms with van der Waals surface area (Å²) in [6, 6.07) is 13.1. The minimum absolute atomic E-state index is 0.236. The number of fused-ring (bicyclic) bond motifs is 1. The summed E-state index contributed by atoms with van der Waals surface area (Å²) < 4.78 is 0. The molecular weight excluding hydrogens is 226 g/mol. The Kier molecular flexibility index (Phi) is 2.41. The fraction of sp³-hybridized carbons (Fsp3) is 0.0714. The summed E-state index contributed by atoms with van der Waals surface area (Å²) >= 11 is 0. The van der Waals surface area contributed by atoms with E-state index in [9.17, 15) is 5.11 Å². The molecule has 1 heterocycles. The monoisotopic (exact) mass is 239 g/mol. The molecular formula is C14H13N3O. The molecule has 0 radical (unpaired) electrons. The van der Waals surface area contributed by atoms with Gasteiger partial charge in [-0.2, -0.15) is 0 Å². The van der Waals surface area contributed by atoms with Crippen molar-refractivity contribution in [3.63, 3.8) is 0 Å². The molecule has 3 aromatic rings. The molecule has 0 saturated heterocycles. The van der Waals surface area contributed by atoms with Crippen molar-refractivity contribution < 1.29 is 5.11 Å². The van der Waals surface area contributed by atoms with E-state index in [0.717, 1.165) is 28.1 Å². The number of rotatable bonds is 2. The highest BCUT2D eigenvalue weighted by molar-refractivity contribution is 5.83. The lowest BCUT2D eigenvalue weighted by molar-refractivity contribution is 0.476. The van der Waals surface area contributed by atoms with Gasteiger partial charge in [-0.25, -0.2) is 4.98 Å². The van der Waals surface area contributed by atoms with E-state index in [1.165, 1.54) is 0 Å². The molecule has 2 aromatic carbocycles. The third-order valence-corrected chi connectivity index (χ3v) is 2.92. The van der Waals surface area contributed by atoms with Gasteiger partial charge < -0.3 is 15.4 Å². The normalized spacial score (nSPS) is 10.7. The van der Waals surface area contributed by atoms with Crippen molar-refractivity contribution in [1.82, 2.24) is 9.97 Å². The van der Waals surface area contributed by atoms with Gasteiger partial charge in [-0.3, -0.25) is 0 Å². The Morgan fingerprint density at radius 2 is 2.00 bits per heavy atom. The smallest absolute Gasteiger partial charge is 0.140 e. The number of hydrogen-bond donors (Lipinski definition) is 3. The molecule has 0 aliphatic rings. The van der Waals surface area contributed by atoms with Crippen molar-refractivity contribution in [2.75, 3.05) is 12.4 Å². The van der Waals surface area contributed by atoms with Crippen LogP contribution in [0.4, 0.5) is 5.69 Å². The first-order valence-corrected chi connectivity index (χ1v) is 5.74. The first-order valence-electron chi connectivity index (χ1n) is 5.74. The number of nitrogens with one attached hydrogen (secondary N) is 2. The summed E-state index contributed by atoms with van der Waals surface area (Å²) in [5, 5.41) is 12.6. The Morgan fingerprint density at radius 1 is 1.17 bits per heavy atom. The number of anilines is 1. The van der Waals surface area contributed by atoms with Gasteiger partial charge in [0.05, 0.1) is 11.0 Å². The highest BCUT2D eigenvalue weighted by atomic mass is 16.3. The predicted molar refractivity (Wildman–Crippen MR) is 72.7 cm³/mol. The molecule has 0 aliphatic carbocycles. The van der Waals surface area contributed by atoms with E-state index in [0.29, 0.717) is 0 Å². The van der Waals surface area contributed by atoms with E-state index in [1.807, 2.05) is 31.3 Å². The maximum Gasteiger partial charge on any atom is 0.140 e. The Morgan fingerprint density at radius 3 is 2.83 bits per heavy atom. The summed E-state index contributed by atoms with van der Waals surface area (Å²) in [5.74, 6) is 1.03. The Bertz CT molecular complexity index is 703. The average molecular weight is 239 g/mol. The zero-order valence-corrected chi connectivity index (χ0v) is 9.94. The van der Waals surface area contributed by atoms with E-state index in [2.05, 4.69) is 15.3 Å². The second kappa shape index (κ2) is 4.07. The average Bonchev–Trinajstić information content (AvgIpc) is 2.81. The van der Waals surface area contributed by atoms with Crippen LogP contribution in [0.2, 0.25) is 0 Å². The van der Waals surface area contributed by atoms with E-state index in [1.54, 1.807) is 18.2 Å². The first-order chi connectivity index (χ1) is 8.78. The van der Waals surface area contributed by atoms with Crippen LogP contribution in [0.3, 0.4) is 0 Å². The lowest BCUT2D eigenvalue weighted by Crippen LogP contribution is -1.92. The van der Waals surface area contributed by atoms with Crippen LogP contribution in [0.5, 0.6) is 5.75 Å². The van der Waals surface area contributed by atoms with E-state index < -0.39 is 0 Å². The molecule has 0 saturated carbocycles. The topological polar surface area (TPSA) is 60.9 Å². The number of aromatic amines is 1. The molecule has 4 nitrogen and oxygen atoms in total. The molecule has 0 amide bonds. The van der Waals surface area contributed by atoms with Crippen molar-refractivity contribution >= 4 is 16.7 Å². The van der Waals surface area contributed by atoms with Gasteiger partial charge in [-0.05, 0) is 24.3 Å². The van der Waals surface area contributed by atoms with E-state index in [-0.39, 0.29) is 5.75 Å². The Hall–Kier alpha value is -2.49. The molecule has 0 bridgehead atoms. The molecule has 1 aromatic heterocycles. The summed E-state index contributed by atoms with van der Waals surface area (Å²) in [4.78, 5) is 7.74. The molecule has 18 heavy (non-hydrogen) atoms. The standard InChI is InChI=1S/C14H13N3O/c1-15-11-5-3-2-4-10(11)14-16-12-7-6-9(18)8-13(12)17-14/h2-8,15,18H,1H3,(H,16,17). The van der Waals surface area contributed by atoms with Crippen LogP contribution < -0.4 is 5.32 Å². The molecule has 0 unspecified atom stereocenters. The SMILES string of the molecule is CNc1ccccc1-c1nc2ccc(O)cc2[nH]1. The van der Waals surface area contributed by atoms with Gasteiger partial charge in [0.15, 0.2) is 0 Å². The number of imidazole rings is 1. The second-order valence-corrected chi connectivity index (χ2v) is 4.08. The minimum Gasteiger partial charge on any atom is -0.508 e. The van der Waals surface area contributed by atoms with Crippen LogP contribution in [0.25, 0.3) is 22.4 Å². The van der Waals surface area contributed by atoms with Crippen LogP contribution in [0.15, 0.2) is 42.5 Å². The molecule has 0 fully saturated rings. The molecule has 0 atom stereocenters. The number of phenols is 1. The Labute approximate surface area is 104 Å². The van der Waals surface area contributed by atoms with Crippen LogP contribution in [-0.4, -0.2) is 22.1 Å². The lowest BCUT2D eigenvalue weighted by Gasteiger charge is -2.05. The fourth-order valence-corrected chi connectivity index (χ4v) is 2.03. The molecule has 90 valence electrons.